The van der Waals surface area contributed by atoms with E-state index in [2.05, 4.69) is 101 Å². The van der Waals surface area contributed by atoms with E-state index < -0.39 is 0 Å². The Labute approximate surface area is 304 Å². The number of hydrogen-bond acceptors (Lipinski definition) is 19. The van der Waals surface area contributed by atoms with Crippen LogP contribution >= 0.6 is 228 Å². The summed E-state index contributed by atoms with van der Waals surface area (Å²) in [4.78, 5) is 0. The molecule has 19 heteroatoms. The minimum absolute atomic E-state index is 0.0730. The predicted molar refractivity (Wildman–Crippen MR) is 227 cm³/mol. The highest BCUT2D eigenvalue weighted by Gasteiger charge is 2.52. The second kappa shape index (κ2) is 28.1. The molecule has 0 aliphatic carbocycles. The number of rotatable bonds is 26. The van der Waals surface area contributed by atoms with Gasteiger partial charge in [-0.3, -0.25) is 0 Å². The van der Waals surface area contributed by atoms with Gasteiger partial charge < -0.3 is 0 Å². The van der Waals surface area contributed by atoms with Gasteiger partial charge in [0.2, 0.25) is 0 Å². The molecular formula is C16H34S19. The third-order valence-electron chi connectivity index (χ3n) is 3.90. The zero-order valence-corrected chi connectivity index (χ0v) is 34.8. The molecule has 0 bridgehead atoms. The van der Waals surface area contributed by atoms with Gasteiger partial charge in [0.1, 0.15) is 0 Å². The summed E-state index contributed by atoms with van der Waals surface area (Å²) in [6, 6.07) is 0. The van der Waals surface area contributed by atoms with Gasteiger partial charge in [0.15, 0.2) is 0 Å². The van der Waals surface area contributed by atoms with Gasteiger partial charge in [0.25, 0.3) is 0 Å². The van der Waals surface area contributed by atoms with Crippen molar-refractivity contribution in [3.05, 3.63) is 0 Å². The van der Waals surface area contributed by atoms with E-state index in [0.29, 0.717) is 9.16 Å². The van der Waals surface area contributed by atoms with E-state index in [1.54, 1.807) is 0 Å². The molecule has 35 heavy (non-hydrogen) atoms. The second-order valence-electron chi connectivity index (χ2n) is 5.70. The van der Waals surface area contributed by atoms with Crippen molar-refractivity contribution in [1.82, 2.24) is 0 Å². The lowest BCUT2D eigenvalue weighted by Gasteiger charge is -2.48. The van der Waals surface area contributed by atoms with Crippen LogP contribution < -0.4 is 0 Å². The molecule has 0 saturated carbocycles. The number of hydrogen-bond donors (Lipinski definition) is 8. The Morgan fingerprint density at radius 3 is 1.17 bits per heavy atom. The molecule has 0 aliphatic heterocycles. The topological polar surface area (TPSA) is 0 Å². The summed E-state index contributed by atoms with van der Waals surface area (Å²) < 4.78 is 0.857. The highest BCUT2D eigenvalue weighted by Crippen LogP contribution is 2.61. The van der Waals surface area contributed by atoms with Gasteiger partial charge in [-0.05, 0) is 0 Å². The van der Waals surface area contributed by atoms with Crippen LogP contribution in [-0.4, -0.2) is 81.0 Å². The average molecular weight is 836 g/mol. The molecule has 0 saturated heterocycles. The van der Waals surface area contributed by atoms with Gasteiger partial charge in [0, 0.05) is 63.7 Å². The quantitative estimate of drug-likeness (QED) is 0.0182. The van der Waals surface area contributed by atoms with E-state index in [1.807, 2.05) is 127 Å². The Morgan fingerprint density at radius 2 is 0.800 bits per heavy atom. The lowest BCUT2D eigenvalue weighted by atomic mass is 10.3. The van der Waals surface area contributed by atoms with Crippen LogP contribution in [0.2, 0.25) is 0 Å². The number of thioether (sulfide) groups is 9. The minimum Gasteiger partial charge on any atom is -0.168 e. The van der Waals surface area contributed by atoms with Crippen molar-refractivity contribution in [1.29, 1.82) is 0 Å². The van der Waals surface area contributed by atoms with Crippen LogP contribution in [0.25, 0.3) is 0 Å². The van der Waals surface area contributed by atoms with Gasteiger partial charge in [-0.15, -0.1) is 94.1 Å². The largest absolute Gasteiger partial charge is 0.168 e. The van der Waals surface area contributed by atoms with Crippen molar-refractivity contribution >= 4 is 228 Å². The summed E-state index contributed by atoms with van der Waals surface area (Å²) in [7, 11) is 3.93. The maximum atomic E-state index is 4.69. The smallest absolute Gasteiger partial charge is 0.0971 e. The van der Waals surface area contributed by atoms with Gasteiger partial charge >= 0.3 is 0 Å². The lowest BCUT2D eigenvalue weighted by molar-refractivity contribution is 0.839. The van der Waals surface area contributed by atoms with E-state index >= 15 is 0 Å². The van der Waals surface area contributed by atoms with E-state index in [1.165, 1.54) is 0 Å². The van der Waals surface area contributed by atoms with Crippen LogP contribution in [0.5, 0.6) is 0 Å². The fourth-order valence-corrected chi connectivity index (χ4v) is 25.6. The first-order valence-electron chi connectivity index (χ1n) is 9.69. The molecule has 0 radical (unpaired) electrons. The third kappa shape index (κ3) is 17.7. The third-order valence-corrected chi connectivity index (χ3v) is 23.1. The van der Waals surface area contributed by atoms with Crippen molar-refractivity contribution in [3.8, 4) is 0 Å². The minimum atomic E-state index is -0.0757. The molecule has 0 heterocycles. The van der Waals surface area contributed by atoms with Crippen LogP contribution in [0.1, 0.15) is 0 Å². The van der Waals surface area contributed by atoms with Crippen molar-refractivity contribution in [3.63, 3.8) is 0 Å². The van der Waals surface area contributed by atoms with Crippen LogP contribution in [0, 0.1) is 0 Å². The first kappa shape index (κ1) is 41.7. The van der Waals surface area contributed by atoms with Crippen molar-refractivity contribution in [2.75, 3.05) is 63.7 Å². The normalized spacial score (nSPS) is 12.9. The Morgan fingerprint density at radius 1 is 0.429 bits per heavy atom. The van der Waals surface area contributed by atoms with Gasteiger partial charge in [-0.25, -0.2) is 0 Å². The Balaban J connectivity index is 5.69. The fourth-order valence-electron chi connectivity index (χ4n) is 2.46. The first-order valence-corrected chi connectivity index (χ1v) is 26.5. The average Bonchev–Trinajstić information content (AvgIpc) is 2.82. The Bertz CT molecular complexity index is 446. The molecule has 0 aromatic carbocycles. The second-order valence-corrected chi connectivity index (χ2v) is 26.2. The van der Waals surface area contributed by atoms with E-state index in [-0.39, 0.29) is 8.16 Å². The SMILES string of the molecule is SCSC(CSCC(SCS)(SCS)C(CSSCC(SCS)SCS)(SCS)SCS)SCS. The molecule has 0 amide bonds. The van der Waals surface area contributed by atoms with Gasteiger partial charge in [-0.2, -0.15) is 113 Å². The summed E-state index contributed by atoms with van der Waals surface area (Å²) >= 11 is 53.8. The monoisotopic (exact) mass is 834 g/mol. The molecular weight excluding hydrogens is 801 g/mol. The molecule has 0 unspecified atom stereocenters. The van der Waals surface area contributed by atoms with Crippen LogP contribution in [0.3, 0.4) is 0 Å². The van der Waals surface area contributed by atoms with Crippen LogP contribution in [0.15, 0.2) is 0 Å². The van der Waals surface area contributed by atoms with Crippen molar-refractivity contribution in [2.24, 2.45) is 0 Å². The van der Waals surface area contributed by atoms with Gasteiger partial charge in [0.05, 0.1) is 17.3 Å². The first-order chi connectivity index (χ1) is 17.0. The summed E-state index contributed by atoms with van der Waals surface area (Å²) in [5.74, 6) is 4.15. The summed E-state index contributed by atoms with van der Waals surface area (Å²) in [5, 5.41) is 6.38. The molecule has 0 N–H and O–H groups in total. The fraction of sp³-hybridized carbons (Fsp3) is 1.00. The Hall–Kier alpha value is 6.65. The zero-order valence-electron chi connectivity index (χ0n) is 18.7. The van der Waals surface area contributed by atoms with Crippen LogP contribution in [0.4, 0.5) is 0 Å². The van der Waals surface area contributed by atoms with Crippen molar-refractivity contribution in [2.45, 2.75) is 17.3 Å². The predicted octanol–water partition coefficient (Wildman–Crippen LogP) is 10.1. The van der Waals surface area contributed by atoms with E-state index in [4.69, 9.17) is 0 Å². The number of thiol groups is 8. The molecule has 0 spiro atoms. The van der Waals surface area contributed by atoms with Gasteiger partial charge in [-0.1, -0.05) is 21.6 Å². The highest BCUT2D eigenvalue weighted by molar-refractivity contribution is 8.77. The molecule has 0 aromatic rings. The summed E-state index contributed by atoms with van der Waals surface area (Å²) in [6.45, 7) is 0. The molecule has 0 nitrogen and oxygen atoms in total. The summed E-state index contributed by atoms with van der Waals surface area (Å²) in [6.07, 6.45) is 0. The van der Waals surface area contributed by atoms with E-state index in [9.17, 15) is 0 Å². The molecule has 0 fully saturated rings. The Kier molecular flexibility index (Phi) is 33.5. The van der Waals surface area contributed by atoms with E-state index in [0.717, 1.165) is 63.7 Å². The molecule has 0 aromatic heterocycles. The molecule has 0 rings (SSSR count). The summed E-state index contributed by atoms with van der Waals surface area (Å²) in [5.41, 5.74) is 0. The highest BCUT2D eigenvalue weighted by atomic mass is 33.1. The van der Waals surface area contributed by atoms with Crippen LogP contribution in [-0.2, 0) is 0 Å². The molecule has 0 atom stereocenters. The lowest BCUT2D eigenvalue weighted by Crippen LogP contribution is -2.49. The maximum absolute atomic E-state index is 4.69. The molecule has 212 valence electrons. The van der Waals surface area contributed by atoms with Crippen molar-refractivity contribution < 1.29 is 0 Å². The standard InChI is InChI=1S/C16H34S19/c17-5-26-13(27-6-18)1-25-3-15(30-9-21,31-10-22)16(32-11-23,33-12-24)4-35-34-2-14(28-7-19)29-8-20/h13-14,17-24H,1-12H2. The maximum Gasteiger partial charge on any atom is 0.0971 e. The zero-order chi connectivity index (χ0) is 26.4. The molecule has 0 aliphatic rings.